The van der Waals surface area contributed by atoms with E-state index in [1.165, 1.54) is 6.26 Å². The Morgan fingerprint density at radius 1 is 1.50 bits per heavy atom. The molecule has 0 amide bonds. The third-order valence-electron chi connectivity index (χ3n) is 1.57. The number of aliphatic hydroxyl groups is 1. The van der Waals surface area contributed by atoms with Gasteiger partial charge in [0.05, 0.1) is 0 Å². The first kappa shape index (κ1) is 9.39. The summed E-state index contributed by atoms with van der Waals surface area (Å²) in [6.07, 6.45) is 2.09. The molecule has 0 aromatic rings. The molecule has 3 heteroatoms. The van der Waals surface area contributed by atoms with E-state index in [0.29, 0.717) is 5.76 Å². The summed E-state index contributed by atoms with van der Waals surface area (Å²) < 4.78 is 10.5. The highest BCUT2D eigenvalue weighted by atomic mass is 16.7. The van der Waals surface area contributed by atoms with Crippen molar-refractivity contribution in [1.82, 2.24) is 0 Å². The van der Waals surface area contributed by atoms with Crippen molar-refractivity contribution in [3.63, 3.8) is 0 Å². The molecule has 70 valence electrons. The molecule has 0 aromatic heterocycles. The zero-order chi connectivity index (χ0) is 9.19. The number of ether oxygens (including phenoxy) is 2. The lowest BCUT2D eigenvalue weighted by Crippen LogP contribution is -2.18. The Labute approximate surface area is 73.0 Å². The topological polar surface area (TPSA) is 38.7 Å². The molecule has 0 saturated carbocycles. The van der Waals surface area contributed by atoms with Crippen molar-refractivity contribution >= 4 is 0 Å². The minimum atomic E-state index is -0.216. The van der Waals surface area contributed by atoms with Gasteiger partial charge in [0.25, 0.3) is 0 Å². The molecule has 0 saturated heterocycles. The molecule has 1 aliphatic heterocycles. The van der Waals surface area contributed by atoms with Gasteiger partial charge in [-0.25, -0.2) is 0 Å². The van der Waals surface area contributed by atoms with Crippen LogP contribution < -0.4 is 0 Å². The van der Waals surface area contributed by atoms with E-state index in [0.717, 1.165) is 6.42 Å². The van der Waals surface area contributed by atoms with E-state index in [1.54, 1.807) is 0 Å². The Kier molecular flexibility index (Phi) is 2.62. The van der Waals surface area contributed by atoms with Crippen molar-refractivity contribution in [3.8, 4) is 0 Å². The standard InChI is InChI=1S/C9H16O3/c1-9(2,3)4-8-11-6-7(5-10)12-8/h6,8,10H,4-5H2,1-3H3. The summed E-state index contributed by atoms with van der Waals surface area (Å²) in [5.74, 6) is 0.518. The lowest BCUT2D eigenvalue weighted by Gasteiger charge is -2.21. The van der Waals surface area contributed by atoms with E-state index in [9.17, 15) is 0 Å². The van der Waals surface area contributed by atoms with Gasteiger partial charge in [-0.1, -0.05) is 20.8 Å². The van der Waals surface area contributed by atoms with Gasteiger partial charge >= 0.3 is 0 Å². The lowest BCUT2D eigenvalue weighted by atomic mass is 9.92. The Balaban J connectivity index is 2.32. The molecule has 3 nitrogen and oxygen atoms in total. The Morgan fingerprint density at radius 2 is 2.17 bits per heavy atom. The van der Waals surface area contributed by atoms with Crippen LogP contribution in [0.2, 0.25) is 0 Å². The van der Waals surface area contributed by atoms with E-state index >= 15 is 0 Å². The van der Waals surface area contributed by atoms with Crippen molar-refractivity contribution in [2.75, 3.05) is 6.61 Å². The second-order valence-electron chi connectivity index (χ2n) is 4.19. The molecule has 1 heterocycles. The van der Waals surface area contributed by atoms with Crippen LogP contribution >= 0.6 is 0 Å². The normalized spacial score (nSPS) is 23.0. The summed E-state index contributed by atoms with van der Waals surface area (Å²) >= 11 is 0. The molecule has 0 fully saturated rings. The fraction of sp³-hybridized carbons (Fsp3) is 0.778. The van der Waals surface area contributed by atoms with Gasteiger partial charge in [0.1, 0.15) is 12.9 Å². The second-order valence-corrected chi connectivity index (χ2v) is 4.19. The number of hydrogen-bond acceptors (Lipinski definition) is 3. The average Bonchev–Trinajstić information content (AvgIpc) is 2.32. The molecule has 0 bridgehead atoms. The predicted molar refractivity (Wildman–Crippen MR) is 45.2 cm³/mol. The molecule has 0 spiro atoms. The molecular weight excluding hydrogens is 156 g/mol. The Bertz CT molecular complexity index is 179. The van der Waals surface area contributed by atoms with Gasteiger partial charge in [0, 0.05) is 6.42 Å². The minimum absolute atomic E-state index is 0.0827. The zero-order valence-corrected chi connectivity index (χ0v) is 7.83. The van der Waals surface area contributed by atoms with Crippen LogP contribution in [0.3, 0.4) is 0 Å². The van der Waals surface area contributed by atoms with Gasteiger partial charge in [-0.2, -0.15) is 0 Å². The number of rotatable bonds is 2. The summed E-state index contributed by atoms with van der Waals surface area (Å²) in [6.45, 7) is 6.28. The predicted octanol–water partition coefficient (Wildman–Crippen LogP) is 1.63. The molecule has 0 radical (unpaired) electrons. The lowest BCUT2D eigenvalue weighted by molar-refractivity contribution is -0.0607. The van der Waals surface area contributed by atoms with Crippen LogP contribution in [0.1, 0.15) is 27.2 Å². The third kappa shape index (κ3) is 2.74. The summed E-state index contributed by atoms with van der Waals surface area (Å²) in [5, 5.41) is 8.71. The molecule has 12 heavy (non-hydrogen) atoms. The summed E-state index contributed by atoms with van der Waals surface area (Å²) in [6, 6.07) is 0. The van der Waals surface area contributed by atoms with Crippen LogP contribution in [-0.4, -0.2) is 18.0 Å². The third-order valence-corrected chi connectivity index (χ3v) is 1.57. The monoisotopic (exact) mass is 172 g/mol. The maximum Gasteiger partial charge on any atom is 0.240 e. The Morgan fingerprint density at radius 3 is 2.58 bits per heavy atom. The molecule has 1 aliphatic rings. The summed E-state index contributed by atoms with van der Waals surface area (Å²) in [7, 11) is 0. The van der Waals surface area contributed by atoms with Crippen molar-refractivity contribution in [1.29, 1.82) is 0 Å². The van der Waals surface area contributed by atoms with Crippen LogP contribution in [0.25, 0.3) is 0 Å². The summed E-state index contributed by atoms with van der Waals surface area (Å²) in [4.78, 5) is 0. The molecule has 1 rings (SSSR count). The van der Waals surface area contributed by atoms with E-state index in [-0.39, 0.29) is 18.3 Å². The van der Waals surface area contributed by atoms with E-state index in [4.69, 9.17) is 14.6 Å². The van der Waals surface area contributed by atoms with Crippen LogP contribution in [0.15, 0.2) is 12.0 Å². The van der Waals surface area contributed by atoms with Crippen molar-refractivity contribution in [2.24, 2.45) is 5.41 Å². The minimum Gasteiger partial charge on any atom is -0.459 e. The highest BCUT2D eigenvalue weighted by molar-refractivity contribution is 4.92. The van der Waals surface area contributed by atoms with Gasteiger partial charge in [-0.05, 0) is 5.41 Å². The van der Waals surface area contributed by atoms with Gasteiger partial charge in [-0.3, -0.25) is 0 Å². The van der Waals surface area contributed by atoms with Crippen LogP contribution in [-0.2, 0) is 9.47 Å². The summed E-state index contributed by atoms with van der Waals surface area (Å²) in [5.41, 5.74) is 0.184. The maximum absolute atomic E-state index is 8.71. The maximum atomic E-state index is 8.71. The smallest absolute Gasteiger partial charge is 0.240 e. The zero-order valence-electron chi connectivity index (χ0n) is 7.83. The Hall–Kier alpha value is -0.700. The second kappa shape index (κ2) is 3.35. The van der Waals surface area contributed by atoms with Crippen molar-refractivity contribution in [2.45, 2.75) is 33.5 Å². The average molecular weight is 172 g/mol. The quantitative estimate of drug-likeness (QED) is 0.688. The molecule has 1 atom stereocenters. The van der Waals surface area contributed by atoms with Gasteiger partial charge in [-0.15, -0.1) is 0 Å². The van der Waals surface area contributed by atoms with Crippen molar-refractivity contribution in [3.05, 3.63) is 12.0 Å². The first-order valence-corrected chi connectivity index (χ1v) is 4.13. The van der Waals surface area contributed by atoms with E-state index in [1.807, 2.05) is 0 Å². The van der Waals surface area contributed by atoms with Gasteiger partial charge in [0.15, 0.2) is 5.76 Å². The van der Waals surface area contributed by atoms with E-state index < -0.39 is 0 Å². The van der Waals surface area contributed by atoms with Gasteiger partial charge in [0.2, 0.25) is 6.29 Å². The molecule has 1 unspecified atom stereocenters. The fourth-order valence-corrected chi connectivity index (χ4v) is 1.04. The van der Waals surface area contributed by atoms with Crippen LogP contribution in [0.4, 0.5) is 0 Å². The van der Waals surface area contributed by atoms with Crippen molar-refractivity contribution < 1.29 is 14.6 Å². The SMILES string of the molecule is CC(C)(C)CC1OC=C(CO)O1. The van der Waals surface area contributed by atoms with Crippen LogP contribution in [0.5, 0.6) is 0 Å². The first-order valence-electron chi connectivity index (χ1n) is 4.13. The largest absolute Gasteiger partial charge is 0.459 e. The first-order chi connectivity index (χ1) is 5.51. The highest BCUT2D eigenvalue weighted by Crippen LogP contribution is 2.27. The highest BCUT2D eigenvalue weighted by Gasteiger charge is 2.24. The molecule has 1 N–H and O–H groups in total. The molecule has 0 aromatic carbocycles. The fourth-order valence-electron chi connectivity index (χ4n) is 1.04. The van der Waals surface area contributed by atoms with Crippen LogP contribution in [0, 0.1) is 5.41 Å². The molecular formula is C9H16O3. The van der Waals surface area contributed by atoms with Gasteiger partial charge < -0.3 is 14.6 Å². The molecule has 0 aliphatic carbocycles. The number of aliphatic hydroxyl groups excluding tert-OH is 1. The number of hydrogen-bond donors (Lipinski definition) is 1. The van der Waals surface area contributed by atoms with E-state index in [2.05, 4.69) is 20.8 Å².